The Labute approximate surface area is 188 Å². The van der Waals surface area contributed by atoms with Crippen LogP contribution in [-0.4, -0.2) is 26.5 Å². The highest BCUT2D eigenvalue weighted by Gasteiger charge is 2.17. The first kappa shape index (κ1) is 24.7. The average molecular weight is 452 g/mol. The number of benzene rings is 3. The highest BCUT2D eigenvalue weighted by atomic mass is 16.6. The van der Waals surface area contributed by atoms with Crippen LogP contribution < -0.4 is 4.74 Å². The van der Waals surface area contributed by atoms with Crippen LogP contribution in [0.15, 0.2) is 66.7 Å². The summed E-state index contributed by atoms with van der Waals surface area (Å²) in [4.78, 5) is 42.1. The number of nitro groups is 2. The molecule has 0 aliphatic heterocycles. The number of rotatable bonds is 7. The summed E-state index contributed by atoms with van der Waals surface area (Å²) in [6.45, 7) is 2.90. The first-order valence-corrected chi connectivity index (χ1v) is 9.54. The Morgan fingerprint density at radius 3 is 1.85 bits per heavy atom. The second-order valence-corrected chi connectivity index (χ2v) is 6.79. The quantitative estimate of drug-likeness (QED) is 0.303. The lowest BCUT2D eigenvalue weighted by Crippen LogP contribution is -2.01. The number of Topliss-reactive ketones (excluding diaryl/α,β-unsaturated/α-hetero) is 2. The molecule has 33 heavy (non-hydrogen) atoms. The van der Waals surface area contributed by atoms with Gasteiger partial charge in [-0.1, -0.05) is 30.3 Å². The third-order valence-electron chi connectivity index (χ3n) is 4.38. The van der Waals surface area contributed by atoms with E-state index in [0.717, 1.165) is 17.7 Å². The predicted molar refractivity (Wildman–Crippen MR) is 119 cm³/mol. The van der Waals surface area contributed by atoms with Crippen molar-refractivity contribution in [2.24, 2.45) is 0 Å². The number of phenols is 1. The molecule has 0 aliphatic rings. The molecule has 0 fully saturated rings. The standard InChI is InChI=1S/C15H13NO4.C8H7NO4/c1-11(17)13-7-8-15(14(9-13)16(18)19)20-10-12-5-3-2-4-6-12;1-5(10)6-2-3-8(11)7(4-6)9(12)13/h2-9H,10H2,1H3;2-4,11H,1H3. The van der Waals surface area contributed by atoms with Crippen molar-refractivity contribution in [3.8, 4) is 11.5 Å². The van der Waals surface area contributed by atoms with Gasteiger partial charge in [-0.25, -0.2) is 0 Å². The summed E-state index contributed by atoms with van der Waals surface area (Å²) in [5, 5.41) is 30.4. The van der Waals surface area contributed by atoms with Gasteiger partial charge in [-0.3, -0.25) is 29.8 Å². The van der Waals surface area contributed by atoms with Crippen LogP contribution in [0.3, 0.4) is 0 Å². The fourth-order valence-corrected chi connectivity index (χ4v) is 2.63. The van der Waals surface area contributed by atoms with E-state index in [1.54, 1.807) is 0 Å². The molecule has 170 valence electrons. The number of ketones is 2. The summed E-state index contributed by atoms with van der Waals surface area (Å²) >= 11 is 0. The molecule has 1 N–H and O–H groups in total. The monoisotopic (exact) mass is 452 g/mol. The largest absolute Gasteiger partial charge is 0.502 e. The summed E-state index contributed by atoms with van der Waals surface area (Å²) in [5.41, 5.74) is 0.770. The van der Waals surface area contributed by atoms with Crippen molar-refractivity contribution in [2.75, 3.05) is 0 Å². The number of carbonyl (C=O) groups is 2. The molecule has 0 aliphatic carbocycles. The van der Waals surface area contributed by atoms with Crippen LogP contribution in [0.1, 0.15) is 40.1 Å². The van der Waals surface area contributed by atoms with Crippen molar-refractivity contribution in [3.05, 3.63) is 104 Å². The molecule has 0 saturated carbocycles. The third kappa shape index (κ3) is 6.96. The van der Waals surface area contributed by atoms with Gasteiger partial charge in [0.05, 0.1) is 9.85 Å². The Morgan fingerprint density at radius 2 is 1.33 bits per heavy atom. The summed E-state index contributed by atoms with van der Waals surface area (Å²) in [7, 11) is 0. The summed E-state index contributed by atoms with van der Waals surface area (Å²) in [5.74, 6) is -0.773. The van der Waals surface area contributed by atoms with Crippen LogP contribution in [0.4, 0.5) is 11.4 Å². The number of hydrogen-bond acceptors (Lipinski definition) is 8. The summed E-state index contributed by atoms with van der Waals surface area (Å²) < 4.78 is 5.47. The lowest BCUT2D eigenvalue weighted by Gasteiger charge is -2.07. The van der Waals surface area contributed by atoms with Gasteiger partial charge in [0.15, 0.2) is 23.1 Å². The molecule has 0 aromatic heterocycles. The van der Waals surface area contributed by atoms with Gasteiger partial charge >= 0.3 is 11.4 Å². The minimum Gasteiger partial charge on any atom is -0.502 e. The van der Waals surface area contributed by atoms with Crippen molar-refractivity contribution in [2.45, 2.75) is 20.5 Å². The molecule has 10 heteroatoms. The topological polar surface area (TPSA) is 150 Å². The van der Waals surface area contributed by atoms with E-state index in [1.807, 2.05) is 30.3 Å². The summed E-state index contributed by atoms with van der Waals surface area (Å²) in [6, 6.07) is 17.1. The molecule has 0 radical (unpaired) electrons. The fourth-order valence-electron chi connectivity index (χ4n) is 2.63. The second-order valence-electron chi connectivity index (χ2n) is 6.79. The van der Waals surface area contributed by atoms with Gasteiger partial charge in [0.25, 0.3) is 0 Å². The Hall–Kier alpha value is -4.60. The molecule has 3 rings (SSSR count). The zero-order valence-electron chi connectivity index (χ0n) is 17.8. The molecule has 3 aromatic carbocycles. The molecule has 0 spiro atoms. The van der Waals surface area contributed by atoms with Crippen molar-refractivity contribution >= 4 is 22.9 Å². The minimum atomic E-state index is -0.734. The van der Waals surface area contributed by atoms with Gasteiger partial charge in [-0.15, -0.1) is 0 Å². The minimum absolute atomic E-state index is 0.156. The van der Waals surface area contributed by atoms with Crippen LogP contribution in [0.5, 0.6) is 11.5 Å². The molecular formula is C23H20N2O8. The number of phenolic OH excluding ortho intramolecular Hbond substituents is 1. The normalized spacial score (nSPS) is 9.88. The van der Waals surface area contributed by atoms with Gasteiger partial charge in [-0.05, 0) is 43.7 Å². The number of ether oxygens (including phenoxy) is 1. The van der Waals surface area contributed by atoms with E-state index in [1.165, 1.54) is 38.1 Å². The van der Waals surface area contributed by atoms with Gasteiger partial charge in [0.1, 0.15) is 6.61 Å². The SMILES string of the molecule is CC(=O)c1ccc(O)c([N+](=O)[O-])c1.CC(=O)c1ccc(OCc2ccccc2)c([N+](=O)[O-])c1. The van der Waals surface area contributed by atoms with E-state index in [9.17, 15) is 29.8 Å². The number of nitro benzene ring substituents is 2. The fraction of sp³-hybridized carbons (Fsp3) is 0.130. The molecule has 0 atom stereocenters. The Morgan fingerprint density at radius 1 is 0.818 bits per heavy atom. The lowest BCUT2D eigenvalue weighted by atomic mass is 10.1. The molecule has 10 nitrogen and oxygen atoms in total. The molecule has 0 heterocycles. The molecule has 0 unspecified atom stereocenters. The highest BCUT2D eigenvalue weighted by molar-refractivity contribution is 5.95. The van der Waals surface area contributed by atoms with Crippen molar-refractivity contribution in [1.82, 2.24) is 0 Å². The zero-order valence-corrected chi connectivity index (χ0v) is 17.8. The number of hydrogen-bond donors (Lipinski definition) is 1. The second kappa shape index (κ2) is 11.1. The van der Waals surface area contributed by atoms with Crippen molar-refractivity contribution in [3.63, 3.8) is 0 Å². The van der Waals surface area contributed by atoms with E-state index in [0.29, 0.717) is 5.56 Å². The van der Waals surface area contributed by atoms with Gasteiger partial charge < -0.3 is 9.84 Å². The van der Waals surface area contributed by atoms with Crippen LogP contribution >= 0.6 is 0 Å². The number of carbonyl (C=O) groups excluding carboxylic acids is 2. The zero-order chi connectivity index (χ0) is 24.5. The predicted octanol–water partition coefficient (Wildman–Crippen LogP) is 4.88. The number of nitrogens with zero attached hydrogens (tertiary/aromatic N) is 2. The Kier molecular flexibility index (Phi) is 8.33. The lowest BCUT2D eigenvalue weighted by molar-refractivity contribution is -0.386. The molecular weight excluding hydrogens is 432 g/mol. The van der Waals surface area contributed by atoms with Crippen LogP contribution in [0.25, 0.3) is 0 Å². The van der Waals surface area contributed by atoms with Crippen LogP contribution in [0, 0.1) is 20.2 Å². The first-order chi connectivity index (χ1) is 15.6. The van der Waals surface area contributed by atoms with Crippen LogP contribution in [0.2, 0.25) is 0 Å². The van der Waals surface area contributed by atoms with E-state index in [2.05, 4.69) is 0 Å². The molecule has 0 bridgehead atoms. The molecule has 3 aromatic rings. The Balaban J connectivity index is 0.000000257. The van der Waals surface area contributed by atoms with E-state index in [-0.39, 0.29) is 35.2 Å². The van der Waals surface area contributed by atoms with Crippen LogP contribution in [-0.2, 0) is 6.61 Å². The maximum atomic E-state index is 11.2. The smallest absolute Gasteiger partial charge is 0.311 e. The maximum absolute atomic E-state index is 11.2. The van der Waals surface area contributed by atoms with Crippen molar-refractivity contribution in [1.29, 1.82) is 0 Å². The van der Waals surface area contributed by atoms with Crippen molar-refractivity contribution < 1.29 is 29.3 Å². The van der Waals surface area contributed by atoms with E-state index in [4.69, 9.17) is 9.84 Å². The van der Waals surface area contributed by atoms with Gasteiger partial charge in [0.2, 0.25) is 0 Å². The maximum Gasteiger partial charge on any atom is 0.311 e. The first-order valence-electron chi connectivity index (χ1n) is 9.54. The van der Waals surface area contributed by atoms with E-state index >= 15 is 0 Å². The van der Waals surface area contributed by atoms with Gasteiger partial charge in [0, 0.05) is 23.3 Å². The van der Waals surface area contributed by atoms with E-state index < -0.39 is 21.3 Å². The summed E-state index contributed by atoms with van der Waals surface area (Å²) in [6.07, 6.45) is 0. The highest BCUT2D eigenvalue weighted by Crippen LogP contribution is 2.29. The Bertz CT molecular complexity index is 1190. The number of aromatic hydroxyl groups is 1. The molecule has 0 saturated heterocycles. The average Bonchev–Trinajstić information content (AvgIpc) is 2.78. The third-order valence-corrected chi connectivity index (χ3v) is 4.38. The van der Waals surface area contributed by atoms with Gasteiger partial charge in [-0.2, -0.15) is 0 Å². The molecule has 0 amide bonds.